The van der Waals surface area contributed by atoms with E-state index in [1.54, 1.807) is 0 Å². The normalized spacial score (nSPS) is 21.9. The van der Waals surface area contributed by atoms with Gasteiger partial charge in [0.05, 0.1) is 11.6 Å². The average Bonchev–Trinajstić information content (AvgIpc) is 3.22. The van der Waals surface area contributed by atoms with E-state index in [2.05, 4.69) is 17.0 Å². The van der Waals surface area contributed by atoms with Crippen LogP contribution in [0.3, 0.4) is 0 Å². The molecule has 0 N–H and O–H groups in total. The van der Waals surface area contributed by atoms with Crippen LogP contribution >= 0.6 is 27.0 Å². The van der Waals surface area contributed by atoms with Crippen molar-refractivity contribution in [2.45, 2.75) is 44.0 Å². The number of rotatable bonds is 7. The van der Waals surface area contributed by atoms with Gasteiger partial charge in [-0.3, -0.25) is 4.90 Å². The SMILES string of the molecule is O=C1OC[C@H](Cc2ccccc2)N1CCC1CCN(C[C@H]2COc3ccc(C(F)(F)F)cc3O2)CC1.S.S. The predicted octanol–water partition coefficient (Wildman–Crippen LogP) is 5.24. The number of cyclic esters (lactones) is 1. The number of carbonyl (C=O) groups excluding carboxylic acids is 1. The van der Waals surface area contributed by atoms with Crippen LogP contribution in [-0.4, -0.2) is 67.4 Å². The minimum atomic E-state index is -4.42. The number of nitrogens with zero attached hydrogens (tertiary/aromatic N) is 2. The number of fused-ring (bicyclic) bond motifs is 1. The van der Waals surface area contributed by atoms with Gasteiger partial charge >= 0.3 is 12.3 Å². The molecule has 0 spiro atoms. The van der Waals surface area contributed by atoms with E-state index in [0.29, 0.717) is 38.0 Å². The van der Waals surface area contributed by atoms with E-state index < -0.39 is 11.7 Å². The molecule has 0 unspecified atom stereocenters. The lowest BCUT2D eigenvalue weighted by Crippen LogP contribution is -2.44. The van der Waals surface area contributed by atoms with Crippen molar-refractivity contribution in [2.24, 2.45) is 5.92 Å². The smallest absolute Gasteiger partial charge is 0.416 e. The van der Waals surface area contributed by atoms with E-state index in [1.807, 2.05) is 23.1 Å². The standard InChI is InChI=1S/C27H31F3N2O4.2H2S/c28-27(29,30)21-6-7-24-25(15-21)36-23(18-34-24)16-31-11-8-19(9-12-31)10-13-32-22(17-35-26(32)33)14-20-4-2-1-3-5-20;;/h1-7,15,19,22-23H,8-14,16-18H2;2*1H2/t22-,23-;;/m0../s1. The topological polar surface area (TPSA) is 51.2 Å². The van der Waals surface area contributed by atoms with Crippen LogP contribution in [0.4, 0.5) is 18.0 Å². The third-order valence-corrected chi connectivity index (χ3v) is 7.33. The van der Waals surface area contributed by atoms with Gasteiger partial charge in [0.1, 0.15) is 19.3 Å². The third kappa shape index (κ3) is 7.45. The molecule has 2 aromatic rings. The number of piperidine rings is 1. The molecule has 0 aromatic heterocycles. The third-order valence-electron chi connectivity index (χ3n) is 7.33. The van der Waals surface area contributed by atoms with E-state index in [9.17, 15) is 18.0 Å². The molecule has 2 saturated heterocycles. The van der Waals surface area contributed by atoms with E-state index in [1.165, 1.54) is 11.6 Å². The maximum absolute atomic E-state index is 13.0. The highest BCUT2D eigenvalue weighted by molar-refractivity contribution is 7.59. The highest BCUT2D eigenvalue weighted by Crippen LogP contribution is 2.38. The highest BCUT2D eigenvalue weighted by Gasteiger charge is 2.35. The Morgan fingerprint density at radius 2 is 1.66 bits per heavy atom. The zero-order chi connectivity index (χ0) is 25.1. The summed E-state index contributed by atoms with van der Waals surface area (Å²) in [5.41, 5.74) is 0.462. The first-order valence-electron chi connectivity index (χ1n) is 12.6. The minimum Gasteiger partial charge on any atom is -0.486 e. The monoisotopic (exact) mass is 572 g/mol. The van der Waals surface area contributed by atoms with Gasteiger partial charge in [-0.15, -0.1) is 0 Å². The number of benzene rings is 2. The van der Waals surface area contributed by atoms with Gasteiger partial charge in [0.2, 0.25) is 0 Å². The van der Waals surface area contributed by atoms with Gasteiger partial charge in [-0.2, -0.15) is 40.2 Å². The second-order valence-corrected chi connectivity index (χ2v) is 9.86. The zero-order valence-electron chi connectivity index (χ0n) is 21.1. The van der Waals surface area contributed by atoms with Crippen LogP contribution in [0.1, 0.15) is 30.4 Å². The van der Waals surface area contributed by atoms with Gasteiger partial charge in [-0.1, -0.05) is 30.3 Å². The van der Waals surface area contributed by atoms with Gasteiger partial charge in [0.15, 0.2) is 11.5 Å². The molecule has 6 nitrogen and oxygen atoms in total. The summed E-state index contributed by atoms with van der Waals surface area (Å²) in [5, 5.41) is 0. The Kier molecular flexibility index (Phi) is 10.5. The molecule has 0 radical (unpaired) electrons. The van der Waals surface area contributed by atoms with Crippen molar-refractivity contribution in [3.8, 4) is 11.5 Å². The molecule has 2 aromatic carbocycles. The summed E-state index contributed by atoms with van der Waals surface area (Å²) in [4.78, 5) is 16.4. The van der Waals surface area contributed by atoms with Crippen LogP contribution < -0.4 is 9.47 Å². The molecule has 11 heteroatoms. The molecule has 0 aliphatic carbocycles. The first-order chi connectivity index (χ1) is 17.3. The van der Waals surface area contributed by atoms with Crippen LogP contribution in [0.25, 0.3) is 0 Å². The predicted molar refractivity (Wildman–Crippen MR) is 148 cm³/mol. The molecule has 2 atom stereocenters. The van der Waals surface area contributed by atoms with Gasteiger partial charge < -0.3 is 19.1 Å². The summed E-state index contributed by atoms with van der Waals surface area (Å²) < 4.78 is 56.0. The summed E-state index contributed by atoms with van der Waals surface area (Å²) in [5.74, 6) is 1.02. The van der Waals surface area contributed by atoms with Gasteiger partial charge in [0, 0.05) is 13.1 Å². The maximum atomic E-state index is 13.0. The van der Waals surface area contributed by atoms with Crippen LogP contribution in [0.15, 0.2) is 48.5 Å². The maximum Gasteiger partial charge on any atom is 0.416 e. The molecule has 5 rings (SSSR count). The molecule has 3 heterocycles. The molecular weight excluding hydrogens is 537 g/mol. The number of hydrogen-bond donors (Lipinski definition) is 0. The van der Waals surface area contributed by atoms with Crippen LogP contribution in [0.5, 0.6) is 11.5 Å². The van der Waals surface area contributed by atoms with Crippen LogP contribution in [0, 0.1) is 5.92 Å². The van der Waals surface area contributed by atoms with Gasteiger partial charge in [-0.25, -0.2) is 4.79 Å². The summed E-state index contributed by atoms with van der Waals surface area (Å²) >= 11 is 0. The molecule has 1 amide bonds. The van der Waals surface area contributed by atoms with Crippen molar-refractivity contribution in [3.05, 3.63) is 59.7 Å². The lowest BCUT2D eigenvalue weighted by Gasteiger charge is -2.36. The molecule has 38 heavy (non-hydrogen) atoms. The fourth-order valence-electron chi connectivity index (χ4n) is 5.27. The number of carbonyl (C=O) groups is 1. The lowest BCUT2D eigenvalue weighted by molar-refractivity contribution is -0.137. The van der Waals surface area contributed by atoms with Crippen molar-refractivity contribution < 1.29 is 32.2 Å². The van der Waals surface area contributed by atoms with Crippen molar-refractivity contribution in [3.63, 3.8) is 0 Å². The Morgan fingerprint density at radius 3 is 2.37 bits per heavy atom. The lowest BCUT2D eigenvalue weighted by atomic mass is 9.93. The van der Waals surface area contributed by atoms with Crippen LogP contribution in [-0.2, 0) is 17.3 Å². The van der Waals surface area contributed by atoms with E-state index in [4.69, 9.17) is 14.2 Å². The van der Waals surface area contributed by atoms with Crippen molar-refractivity contribution >= 4 is 33.1 Å². The summed E-state index contributed by atoms with van der Waals surface area (Å²) in [6.45, 7) is 3.83. The Hall–Kier alpha value is -2.24. The van der Waals surface area contributed by atoms with E-state index in [-0.39, 0.29) is 51.0 Å². The number of alkyl halides is 3. The van der Waals surface area contributed by atoms with E-state index >= 15 is 0 Å². The van der Waals surface area contributed by atoms with Crippen LogP contribution in [0.2, 0.25) is 0 Å². The van der Waals surface area contributed by atoms with Crippen molar-refractivity contribution in [2.75, 3.05) is 39.4 Å². The Balaban J connectivity index is 0.00000200. The number of hydrogen-bond acceptors (Lipinski definition) is 5. The number of ether oxygens (including phenoxy) is 3. The summed E-state index contributed by atoms with van der Waals surface area (Å²) in [6, 6.07) is 13.6. The summed E-state index contributed by atoms with van der Waals surface area (Å²) in [6.07, 6.45) is -1.20. The molecule has 3 aliphatic rings. The fourth-order valence-corrected chi connectivity index (χ4v) is 5.27. The second-order valence-electron chi connectivity index (χ2n) is 9.86. The zero-order valence-corrected chi connectivity index (χ0v) is 23.1. The quantitative estimate of drug-likeness (QED) is 0.455. The molecule has 0 saturated carbocycles. The second kappa shape index (κ2) is 13.2. The molecular formula is C27H35F3N2O4S2. The first-order valence-corrected chi connectivity index (χ1v) is 12.6. The first kappa shape index (κ1) is 30.3. The molecule has 2 fully saturated rings. The van der Waals surface area contributed by atoms with Gasteiger partial charge in [-0.05, 0) is 68.5 Å². The Labute approximate surface area is 235 Å². The number of likely N-dealkylation sites (tertiary alicyclic amines) is 1. The van der Waals surface area contributed by atoms with E-state index in [0.717, 1.165) is 50.9 Å². The number of amides is 1. The van der Waals surface area contributed by atoms with Gasteiger partial charge in [0.25, 0.3) is 0 Å². The minimum absolute atomic E-state index is 0. The molecule has 210 valence electrons. The van der Waals surface area contributed by atoms with Crippen molar-refractivity contribution in [1.29, 1.82) is 0 Å². The molecule has 3 aliphatic heterocycles. The molecule has 0 bridgehead atoms. The fraction of sp³-hybridized carbons (Fsp3) is 0.519. The summed E-state index contributed by atoms with van der Waals surface area (Å²) in [7, 11) is 0. The Bertz CT molecular complexity index is 1050. The average molecular weight is 573 g/mol. The Morgan fingerprint density at radius 1 is 0.921 bits per heavy atom. The largest absolute Gasteiger partial charge is 0.486 e. The van der Waals surface area contributed by atoms with Crippen molar-refractivity contribution in [1.82, 2.24) is 9.80 Å². The highest BCUT2D eigenvalue weighted by atomic mass is 32.1. The number of halogens is 3.